The Labute approximate surface area is 321 Å². The molecule has 9 aromatic carbocycles. The molecule has 0 aliphatic heterocycles. The van der Waals surface area contributed by atoms with Crippen LogP contribution in [0.1, 0.15) is 6.85 Å². The molecule has 254 valence electrons. The number of anilines is 3. The van der Waals surface area contributed by atoms with E-state index in [9.17, 15) is 0 Å². The third kappa shape index (κ3) is 5.71. The van der Waals surface area contributed by atoms with Gasteiger partial charge < -0.3 is 9.32 Å². The van der Waals surface area contributed by atoms with Gasteiger partial charge in [0.15, 0.2) is 0 Å². The van der Waals surface area contributed by atoms with Gasteiger partial charge >= 0.3 is 0 Å². The van der Waals surface area contributed by atoms with Crippen molar-refractivity contribution in [1.82, 2.24) is 0 Å². The lowest BCUT2D eigenvalue weighted by Crippen LogP contribution is -2.10. The van der Waals surface area contributed by atoms with Crippen molar-refractivity contribution in [3.05, 3.63) is 212 Å². The molecule has 54 heavy (non-hydrogen) atoms. The number of hydrogen-bond donors (Lipinski definition) is 0. The Morgan fingerprint density at radius 2 is 0.870 bits per heavy atom. The van der Waals surface area contributed by atoms with E-state index in [1.807, 2.05) is 60.7 Å². The van der Waals surface area contributed by atoms with E-state index < -0.39 is 6.04 Å². The first-order valence-electron chi connectivity index (χ1n) is 20.5. The molecule has 0 saturated carbocycles. The van der Waals surface area contributed by atoms with E-state index in [1.54, 1.807) is 0 Å². The second-order valence-electron chi connectivity index (χ2n) is 13.4. The van der Waals surface area contributed by atoms with Crippen molar-refractivity contribution in [3.8, 4) is 44.5 Å². The van der Waals surface area contributed by atoms with E-state index in [0.29, 0.717) is 5.56 Å². The first kappa shape index (κ1) is 26.6. The third-order valence-electron chi connectivity index (χ3n) is 10.2. The van der Waals surface area contributed by atoms with Crippen molar-refractivity contribution in [3.63, 3.8) is 0 Å². The summed E-state index contributed by atoms with van der Waals surface area (Å²) in [4.78, 5) is 2.21. The molecule has 0 aliphatic rings. The van der Waals surface area contributed by atoms with Gasteiger partial charge in [0.1, 0.15) is 11.2 Å². The van der Waals surface area contributed by atoms with Crippen LogP contribution in [0.15, 0.2) is 217 Å². The maximum absolute atomic E-state index is 8.57. The molecule has 2 heteroatoms. The summed E-state index contributed by atoms with van der Waals surface area (Å²) in [6.45, 7) is 0. The second-order valence-corrected chi connectivity index (χ2v) is 13.4. The summed E-state index contributed by atoms with van der Waals surface area (Å²) in [7, 11) is 0. The van der Waals surface area contributed by atoms with Crippen molar-refractivity contribution in [2.24, 2.45) is 0 Å². The average Bonchev–Trinajstić information content (AvgIpc) is 3.67. The van der Waals surface area contributed by atoms with Crippen LogP contribution in [0, 0.1) is 0 Å². The van der Waals surface area contributed by atoms with Gasteiger partial charge in [-0.2, -0.15) is 0 Å². The van der Waals surface area contributed by atoms with Crippen LogP contribution in [-0.2, 0) is 0 Å². The van der Waals surface area contributed by atoms with Crippen molar-refractivity contribution in [2.75, 3.05) is 4.90 Å². The van der Waals surface area contributed by atoms with Gasteiger partial charge in [0.05, 0.1) is 12.5 Å². The molecule has 10 rings (SSSR count). The largest absolute Gasteiger partial charge is 0.456 e. The molecule has 0 amide bonds. The highest BCUT2D eigenvalue weighted by molar-refractivity contribution is 6.07. The van der Waals surface area contributed by atoms with Gasteiger partial charge in [0, 0.05) is 27.5 Å². The monoisotopic (exact) mass is 694 g/mol. The third-order valence-corrected chi connectivity index (χ3v) is 10.2. The second kappa shape index (κ2) is 13.4. The molecule has 0 unspecified atom stereocenters. The minimum Gasteiger partial charge on any atom is -0.456 e. The van der Waals surface area contributed by atoms with E-state index in [0.717, 1.165) is 83.2 Å². The molecule has 10 aromatic rings. The van der Waals surface area contributed by atoms with Gasteiger partial charge in [-0.05, 0) is 98.4 Å². The zero-order valence-corrected chi connectivity index (χ0v) is 29.2. The van der Waals surface area contributed by atoms with E-state index in [1.165, 1.54) is 0 Å². The Morgan fingerprint density at radius 1 is 0.352 bits per heavy atom. The highest BCUT2D eigenvalue weighted by Crippen LogP contribution is 2.43. The lowest BCUT2D eigenvalue weighted by molar-refractivity contribution is 0.669. The summed E-state index contributed by atoms with van der Waals surface area (Å²) in [5, 5.41) is 4.38. The summed E-state index contributed by atoms with van der Waals surface area (Å²) in [5.41, 5.74) is 12.0. The van der Waals surface area contributed by atoms with Crippen LogP contribution in [0.4, 0.5) is 17.1 Å². The molecule has 0 aliphatic carbocycles. The number of hydrogen-bond acceptors (Lipinski definition) is 2. The summed E-state index contributed by atoms with van der Waals surface area (Å²) in [5.74, 6) is 0. The maximum atomic E-state index is 8.57. The Kier molecular flexibility index (Phi) is 6.61. The maximum Gasteiger partial charge on any atom is 0.135 e. The topological polar surface area (TPSA) is 16.4 Å². The summed E-state index contributed by atoms with van der Waals surface area (Å²) in [6.07, 6.45) is 0. The predicted molar refractivity (Wildman–Crippen MR) is 228 cm³/mol. The van der Waals surface area contributed by atoms with Crippen molar-refractivity contribution >= 4 is 49.8 Å². The zero-order valence-electron chi connectivity index (χ0n) is 34.2. The van der Waals surface area contributed by atoms with Crippen molar-refractivity contribution < 1.29 is 11.3 Å². The summed E-state index contributed by atoms with van der Waals surface area (Å²) < 4.78 is 47.7. The first-order chi connectivity index (χ1) is 28.8. The fourth-order valence-corrected chi connectivity index (χ4v) is 7.51. The molecule has 0 spiro atoms. The number of nitrogens with zero attached hydrogens (tertiary/aromatic N) is 1. The van der Waals surface area contributed by atoms with E-state index in [2.05, 4.69) is 126 Å². The number of benzene rings is 9. The predicted octanol–water partition coefficient (Wildman–Crippen LogP) is 14.9. The fraction of sp³-hybridized carbons (Fsp3) is 0. The number of fused-ring (bicyclic) bond motifs is 4. The van der Waals surface area contributed by atoms with Crippen LogP contribution < -0.4 is 4.90 Å². The van der Waals surface area contributed by atoms with Crippen molar-refractivity contribution in [1.29, 1.82) is 0 Å². The quantitative estimate of drug-likeness (QED) is 0.165. The van der Waals surface area contributed by atoms with Gasteiger partial charge in [-0.25, -0.2) is 0 Å². The minimum atomic E-state index is -0.405. The lowest BCUT2D eigenvalue weighted by Gasteiger charge is -2.28. The Balaban J connectivity index is 1.06. The van der Waals surface area contributed by atoms with Gasteiger partial charge in [-0.3, -0.25) is 0 Å². The number of rotatable bonds is 7. The average molecular weight is 695 g/mol. The van der Waals surface area contributed by atoms with Crippen LogP contribution in [0.25, 0.3) is 77.2 Å². The van der Waals surface area contributed by atoms with Gasteiger partial charge in [0.25, 0.3) is 0 Å². The Bertz CT molecular complexity index is 3170. The van der Waals surface area contributed by atoms with E-state index in [4.69, 9.17) is 11.3 Å². The van der Waals surface area contributed by atoms with E-state index >= 15 is 0 Å². The molecule has 1 heterocycles. The zero-order chi connectivity index (χ0) is 40.2. The molecule has 0 fully saturated rings. The minimum absolute atomic E-state index is 0.178. The smallest absolute Gasteiger partial charge is 0.135 e. The molecular weight excluding hydrogens is 655 g/mol. The lowest BCUT2D eigenvalue weighted by atomic mass is 9.94. The van der Waals surface area contributed by atoms with Crippen LogP contribution in [0.5, 0.6) is 0 Å². The fourth-order valence-electron chi connectivity index (χ4n) is 7.51. The van der Waals surface area contributed by atoms with E-state index in [-0.39, 0.29) is 29.7 Å². The van der Waals surface area contributed by atoms with Gasteiger partial charge in [-0.15, -0.1) is 0 Å². The molecule has 0 radical (unpaired) electrons. The van der Waals surface area contributed by atoms with Crippen LogP contribution >= 0.6 is 0 Å². The molecule has 0 atom stereocenters. The Morgan fingerprint density at radius 3 is 1.59 bits per heavy atom. The molecule has 0 N–H and O–H groups in total. The highest BCUT2D eigenvalue weighted by atomic mass is 16.3. The highest BCUT2D eigenvalue weighted by Gasteiger charge is 2.18. The van der Waals surface area contributed by atoms with Gasteiger partial charge in [0.2, 0.25) is 0 Å². The number of furan rings is 1. The normalized spacial score (nSPS) is 12.6. The first-order valence-corrected chi connectivity index (χ1v) is 18.0. The van der Waals surface area contributed by atoms with Gasteiger partial charge in [-0.1, -0.05) is 164 Å². The van der Waals surface area contributed by atoms with Crippen LogP contribution in [0.2, 0.25) is 0 Å². The summed E-state index contributed by atoms with van der Waals surface area (Å²) in [6, 6.07) is 60.8. The van der Waals surface area contributed by atoms with Crippen LogP contribution in [-0.4, -0.2) is 0 Å². The SMILES string of the molecule is [2H]c1c([2H])c([2H])c(-c2ccc(N(c3ccc(-c4ccccc4)cc3)c3ccc(-c4ccc(-c5ccc6oc7ccccc7c6c5)cc4)c4ccccc34)cc2)c([2H])c1[2H]. The molecule has 1 aromatic heterocycles. The molecule has 0 saturated heterocycles. The summed E-state index contributed by atoms with van der Waals surface area (Å²) >= 11 is 0. The van der Waals surface area contributed by atoms with Crippen LogP contribution in [0.3, 0.4) is 0 Å². The molecule has 0 bridgehead atoms. The number of para-hydroxylation sites is 1. The van der Waals surface area contributed by atoms with Crippen molar-refractivity contribution in [2.45, 2.75) is 0 Å². The molecule has 2 nitrogen and oxygen atoms in total. The standard InChI is InChI=1S/C52H35NO/c1-3-11-36(12-4-1)38-23-28-43(29-24-38)53(44-30-25-39(26-31-44)37-13-5-2-6-14-37)50-33-32-45(46-15-7-8-16-47(46)50)41-21-19-40(20-22-41)42-27-34-52-49(35-42)48-17-9-10-18-51(48)54-52/h1-35H/i1D,3D,4D,11D,12D. The Hall–Kier alpha value is -7.16. The molecular formula is C52H35NO.